The molecule has 2 amide bonds. The van der Waals surface area contributed by atoms with Crippen LogP contribution in [0.1, 0.15) is 33.6 Å². The van der Waals surface area contributed by atoms with Crippen LogP contribution in [0.4, 0.5) is 10.5 Å². The third kappa shape index (κ3) is 4.87. The number of imidazole rings is 1. The number of amides is 2. The maximum Gasteiger partial charge on any atom is 0.410 e. The van der Waals surface area contributed by atoms with E-state index < -0.39 is 5.60 Å². The molecule has 0 bridgehead atoms. The zero-order valence-corrected chi connectivity index (χ0v) is 18.2. The van der Waals surface area contributed by atoms with E-state index in [4.69, 9.17) is 4.74 Å². The van der Waals surface area contributed by atoms with Gasteiger partial charge in [0.25, 0.3) is 0 Å². The van der Waals surface area contributed by atoms with Gasteiger partial charge in [-0.05, 0) is 70.0 Å². The molecule has 1 N–H and O–H groups in total. The molecule has 0 saturated carbocycles. The van der Waals surface area contributed by atoms with Gasteiger partial charge in [-0.1, -0.05) is 12.1 Å². The Hall–Kier alpha value is -3.35. The second-order valence-corrected chi connectivity index (χ2v) is 8.88. The summed E-state index contributed by atoms with van der Waals surface area (Å²) in [6.45, 7) is 6.61. The summed E-state index contributed by atoms with van der Waals surface area (Å²) in [5.74, 6) is -0.124. The number of piperidine rings is 1. The molecule has 1 saturated heterocycles. The van der Waals surface area contributed by atoms with Gasteiger partial charge >= 0.3 is 6.09 Å². The van der Waals surface area contributed by atoms with Crippen molar-refractivity contribution in [2.24, 2.45) is 5.92 Å². The summed E-state index contributed by atoms with van der Waals surface area (Å²) < 4.78 is 7.44. The number of fused-ring (bicyclic) bond motifs is 1. The lowest BCUT2D eigenvalue weighted by atomic mass is 9.96. The van der Waals surface area contributed by atoms with Crippen LogP contribution in [0.15, 0.2) is 54.9 Å². The van der Waals surface area contributed by atoms with Crippen LogP contribution in [0.2, 0.25) is 0 Å². The molecule has 2 heterocycles. The number of nitrogens with zero attached hydrogens (tertiary/aromatic N) is 3. The fourth-order valence-corrected chi connectivity index (χ4v) is 3.77. The van der Waals surface area contributed by atoms with Crippen molar-refractivity contribution < 1.29 is 14.3 Å². The van der Waals surface area contributed by atoms with E-state index >= 15 is 0 Å². The summed E-state index contributed by atoms with van der Waals surface area (Å²) in [5, 5.41) is 3.01. The number of benzene rings is 2. The second kappa shape index (κ2) is 8.41. The Morgan fingerprint density at radius 1 is 1.03 bits per heavy atom. The molecule has 7 nitrogen and oxygen atoms in total. The van der Waals surface area contributed by atoms with Crippen LogP contribution in [-0.4, -0.2) is 45.1 Å². The minimum absolute atomic E-state index is 0.00957. The van der Waals surface area contributed by atoms with Crippen molar-refractivity contribution in [3.63, 3.8) is 0 Å². The highest BCUT2D eigenvalue weighted by Crippen LogP contribution is 2.23. The van der Waals surface area contributed by atoms with E-state index in [1.54, 1.807) is 11.2 Å². The van der Waals surface area contributed by atoms with Gasteiger partial charge < -0.3 is 15.0 Å². The predicted octanol–water partition coefficient (Wildman–Crippen LogP) is 4.61. The van der Waals surface area contributed by atoms with Crippen molar-refractivity contribution in [1.82, 2.24) is 14.5 Å². The zero-order valence-electron chi connectivity index (χ0n) is 18.2. The van der Waals surface area contributed by atoms with Crippen LogP contribution in [0.3, 0.4) is 0 Å². The van der Waals surface area contributed by atoms with Crippen molar-refractivity contribution in [2.75, 3.05) is 18.4 Å². The van der Waals surface area contributed by atoms with Crippen LogP contribution in [0, 0.1) is 5.92 Å². The average molecular weight is 421 g/mol. The Morgan fingerprint density at radius 2 is 1.71 bits per heavy atom. The zero-order chi connectivity index (χ0) is 22.0. The molecule has 0 aliphatic carbocycles. The van der Waals surface area contributed by atoms with E-state index in [1.165, 1.54) is 0 Å². The van der Waals surface area contributed by atoms with Gasteiger partial charge in [0.05, 0.1) is 11.0 Å². The number of aromatic nitrogens is 2. The van der Waals surface area contributed by atoms with Gasteiger partial charge in [-0.3, -0.25) is 9.36 Å². The molecular weight excluding hydrogens is 392 g/mol. The number of ether oxygens (including phenoxy) is 1. The highest BCUT2D eigenvalue weighted by molar-refractivity contribution is 5.92. The quantitative estimate of drug-likeness (QED) is 0.671. The standard InChI is InChI=1S/C24H28N4O3/c1-24(2,3)31-23(30)27-14-12-17(13-15-27)22(29)26-18-8-10-19(11-9-18)28-16-25-20-6-4-5-7-21(20)28/h4-11,16-17H,12-15H2,1-3H3,(H,26,29). The SMILES string of the molecule is CC(C)(C)OC(=O)N1CCC(C(=O)Nc2ccc(-n3cnc4ccccc43)cc2)CC1. The van der Waals surface area contributed by atoms with Crippen LogP contribution >= 0.6 is 0 Å². The third-order valence-corrected chi connectivity index (χ3v) is 5.38. The van der Waals surface area contributed by atoms with Crippen molar-refractivity contribution in [1.29, 1.82) is 0 Å². The fraction of sp³-hybridized carbons (Fsp3) is 0.375. The van der Waals surface area contributed by atoms with Crippen LogP contribution in [-0.2, 0) is 9.53 Å². The maximum absolute atomic E-state index is 12.7. The van der Waals surface area contributed by atoms with E-state index in [0.717, 1.165) is 22.4 Å². The van der Waals surface area contributed by atoms with Gasteiger partial charge in [0, 0.05) is 30.4 Å². The molecule has 1 aliphatic rings. The third-order valence-electron chi connectivity index (χ3n) is 5.38. The molecule has 31 heavy (non-hydrogen) atoms. The van der Waals surface area contributed by atoms with E-state index in [2.05, 4.69) is 10.3 Å². The molecule has 0 atom stereocenters. The van der Waals surface area contributed by atoms with E-state index in [-0.39, 0.29) is 17.9 Å². The molecule has 162 valence electrons. The number of anilines is 1. The first-order chi connectivity index (χ1) is 14.8. The first kappa shape index (κ1) is 20.9. The monoisotopic (exact) mass is 420 g/mol. The van der Waals surface area contributed by atoms with Crippen LogP contribution < -0.4 is 5.32 Å². The number of hydrogen-bond donors (Lipinski definition) is 1. The maximum atomic E-state index is 12.7. The summed E-state index contributed by atoms with van der Waals surface area (Å²) in [4.78, 5) is 31.0. The van der Waals surface area contributed by atoms with E-state index in [0.29, 0.717) is 25.9 Å². The minimum Gasteiger partial charge on any atom is -0.444 e. The van der Waals surface area contributed by atoms with Gasteiger partial charge in [-0.15, -0.1) is 0 Å². The molecule has 2 aromatic carbocycles. The first-order valence-corrected chi connectivity index (χ1v) is 10.6. The lowest BCUT2D eigenvalue weighted by molar-refractivity contribution is -0.121. The Morgan fingerprint density at radius 3 is 2.39 bits per heavy atom. The smallest absolute Gasteiger partial charge is 0.410 e. The van der Waals surface area contributed by atoms with Gasteiger partial charge in [-0.2, -0.15) is 0 Å². The van der Waals surface area contributed by atoms with Gasteiger partial charge in [0.1, 0.15) is 11.9 Å². The minimum atomic E-state index is -0.513. The Kier molecular flexibility index (Phi) is 5.67. The molecule has 0 spiro atoms. The number of hydrogen-bond acceptors (Lipinski definition) is 4. The molecule has 4 rings (SSSR count). The summed E-state index contributed by atoms with van der Waals surface area (Å²) in [6.07, 6.45) is 2.75. The number of para-hydroxylation sites is 2. The molecule has 0 unspecified atom stereocenters. The number of carbonyl (C=O) groups excluding carboxylic acids is 2. The lowest BCUT2D eigenvalue weighted by Gasteiger charge is -2.32. The molecule has 1 fully saturated rings. The first-order valence-electron chi connectivity index (χ1n) is 10.6. The second-order valence-electron chi connectivity index (χ2n) is 8.88. The summed E-state index contributed by atoms with van der Waals surface area (Å²) in [7, 11) is 0. The predicted molar refractivity (Wildman–Crippen MR) is 120 cm³/mol. The summed E-state index contributed by atoms with van der Waals surface area (Å²) in [5.41, 5.74) is 3.21. The average Bonchev–Trinajstić information content (AvgIpc) is 3.17. The Labute approximate surface area is 182 Å². The number of carbonyl (C=O) groups is 2. The molecule has 0 radical (unpaired) electrons. The molecule has 1 aliphatic heterocycles. The lowest BCUT2D eigenvalue weighted by Crippen LogP contribution is -2.43. The van der Waals surface area contributed by atoms with E-state index in [9.17, 15) is 9.59 Å². The van der Waals surface area contributed by atoms with Crippen molar-refractivity contribution in [3.8, 4) is 5.69 Å². The largest absolute Gasteiger partial charge is 0.444 e. The molecular formula is C24H28N4O3. The Balaban J connectivity index is 1.34. The summed E-state index contributed by atoms with van der Waals surface area (Å²) in [6, 6.07) is 15.7. The Bertz CT molecular complexity index is 1070. The number of rotatable bonds is 3. The van der Waals surface area contributed by atoms with Gasteiger partial charge in [0.15, 0.2) is 0 Å². The molecule has 1 aromatic heterocycles. The van der Waals surface area contributed by atoms with Crippen molar-refractivity contribution >= 4 is 28.7 Å². The van der Waals surface area contributed by atoms with Gasteiger partial charge in [0.2, 0.25) is 5.91 Å². The van der Waals surface area contributed by atoms with Crippen molar-refractivity contribution in [2.45, 2.75) is 39.2 Å². The van der Waals surface area contributed by atoms with Gasteiger partial charge in [-0.25, -0.2) is 9.78 Å². The molecule has 3 aromatic rings. The van der Waals surface area contributed by atoms with Crippen LogP contribution in [0.25, 0.3) is 16.7 Å². The highest BCUT2D eigenvalue weighted by Gasteiger charge is 2.29. The fourth-order valence-electron chi connectivity index (χ4n) is 3.77. The van der Waals surface area contributed by atoms with E-state index in [1.807, 2.05) is 73.9 Å². The highest BCUT2D eigenvalue weighted by atomic mass is 16.6. The topological polar surface area (TPSA) is 76.5 Å². The van der Waals surface area contributed by atoms with Crippen molar-refractivity contribution in [3.05, 3.63) is 54.9 Å². The number of likely N-dealkylation sites (tertiary alicyclic amines) is 1. The number of nitrogens with one attached hydrogen (secondary N) is 1. The molecule has 7 heteroatoms. The normalized spacial score (nSPS) is 15.1. The van der Waals surface area contributed by atoms with Crippen LogP contribution in [0.5, 0.6) is 0 Å². The summed E-state index contributed by atoms with van der Waals surface area (Å²) >= 11 is 0.